The Hall–Kier alpha value is -3.43. The van der Waals surface area contributed by atoms with Crippen LogP contribution in [0, 0.1) is 18.3 Å². The molecule has 1 spiro atoms. The third kappa shape index (κ3) is 11.3. The number of H-pyrrole nitrogens is 1. The van der Waals surface area contributed by atoms with Crippen molar-refractivity contribution >= 4 is 12.1 Å². The number of aromatic carboxylic acids is 1. The van der Waals surface area contributed by atoms with Crippen molar-refractivity contribution in [2.24, 2.45) is 11.3 Å². The van der Waals surface area contributed by atoms with Gasteiger partial charge in [0.2, 0.25) is 0 Å². The molecule has 9 nitrogen and oxygen atoms in total. The van der Waals surface area contributed by atoms with Crippen molar-refractivity contribution in [1.82, 2.24) is 20.4 Å². The van der Waals surface area contributed by atoms with Crippen molar-refractivity contribution in [3.05, 3.63) is 77.7 Å². The molecular formula is C29H42N4O5. The lowest BCUT2D eigenvalue weighted by atomic mass is 9.78. The average Bonchev–Trinajstić information content (AvgIpc) is 3.41. The number of aliphatic hydroxyl groups is 1. The molecule has 1 unspecified atom stereocenters. The number of carbonyl (C=O) groups is 2. The Morgan fingerprint density at radius 1 is 1.24 bits per heavy atom. The number of carbonyl (C=O) groups excluding carboxylic acids is 1. The largest absolute Gasteiger partial charge is 0.478 e. The molecule has 0 radical (unpaired) electrons. The van der Waals surface area contributed by atoms with E-state index in [2.05, 4.69) is 45.6 Å². The van der Waals surface area contributed by atoms with Gasteiger partial charge in [-0.25, -0.2) is 9.59 Å². The monoisotopic (exact) mass is 526 g/mol. The van der Waals surface area contributed by atoms with Crippen LogP contribution in [0.5, 0.6) is 0 Å². The Kier molecular flexibility index (Phi) is 13.3. The first-order chi connectivity index (χ1) is 18.3. The number of likely N-dealkylation sites (tertiary alicyclic amines) is 1. The zero-order valence-corrected chi connectivity index (χ0v) is 22.7. The number of piperidine rings is 1. The summed E-state index contributed by atoms with van der Waals surface area (Å²) in [6.07, 6.45) is 13.7. The van der Waals surface area contributed by atoms with Crippen molar-refractivity contribution in [2.75, 3.05) is 39.4 Å². The van der Waals surface area contributed by atoms with Gasteiger partial charge in [-0.3, -0.25) is 10.00 Å². The molecule has 2 aliphatic heterocycles. The highest BCUT2D eigenvalue weighted by molar-refractivity contribution is 5.87. The Morgan fingerprint density at radius 3 is 2.34 bits per heavy atom. The number of allylic oxidation sites excluding steroid dienone is 2. The van der Waals surface area contributed by atoms with Crippen LogP contribution in [-0.4, -0.2) is 76.8 Å². The number of carboxylic acids is 1. The van der Waals surface area contributed by atoms with Crippen LogP contribution in [0.4, 0.5) is 4.79 Å². The van der Waals surface area contributed by atoms with E-state index in [1.807, 2.05) is 13.1 Å². The first kappa shape index (κ1) is 30.8. The van der Waals surface area contributed by atoms with E-state index < -0.39 is 5.97 Å². The lowest BCUT2D eigenvalue weighted by molar-refractivity contribution is 0.00845. The van der Waals surface area contributed by atoms with Gasteiger partial charge in [-0.05, 0) is 75.4 Å². The highest BCUT2D eigenvalue weighted by atomic mass is 16.6. The van der Waals surface area contributed by atoms with Crippen LogP contribution in [0.15, 0.2) is 66.5 Å². The van der Waals surface area contributed by atoms with Gasteiger partial charge in [0, 0.05) is 31.3 Å². The zero-order chi connectivity index (χ0) is 27.8. The molecule has 5 rings (SSSR count). The third-order valence-electron chi connectivity index (χ3n) is 6.49. The molecule has 3 aliphatic rings. The van der Waals surface area contributed by atoms with Crippen molar-refractivity contribution in [2.45, 2.75) is 40.0 Å². The van der Waals surface area contributed by atoms with Crippen molar-refractivity contribution in [1.29, 1.82) is 0 Å². The summed E-state index contributed by atoms with van der Waals surface area (Å²) in [5.74, 6) is -0.193. The fourth-order valence-corrected chi connectivity index (χ4v) is 4.13. The molecule has 0 bridgehead atoms. The number of nitrogens with one attached hydrogen (secondary N) is 2. The quantitative estimate of drug-likeness (QED) is 0.466. The Morgan fingerprint density at radius 2 is 1.92 bits per heavy atom. The van der Waals surface area contributed by atoms with Gasteiger partial charge in [0.25, 0.3) is 0 Å². The van der Waals surface area contributed by atoms with Gasteiger partial charge < -0.3 is 20.3 Å². The number of rotatable bonds is 3. The Bertz CT molecular complexity index is 1000. The summed E-state index contributed by atoms with van der Waals surface area (Å²) in [6, 6.07) is 8.30. The van der Waals surface area contributed by atoms with E-state index in [4.69, 9.17) is 14.9 Å². The summed E-state index contributed by atoms with van der Waals surface area (Å²) in [5.41, 5.74) is 3.13. The predicted octanol–water partition coefficient (Wildman–Crippen LogP) is 4.43. The van der Waals surface area contributed by atoms with Gasteiger partial charge in [0.15, 0.2) is 0 Å². The fraction of sp³-hybridized carbons (Fsp3) is 0.483. The van der Waals surface area contributed by atoms with Crippen molar-refractivity contribution < 1.29 is 24.5 Å². The predicted molar refractivity (Wildman–Crippen MR) is 148 cm³/mol. The molecule has 2 aromatic rings. The maximum Gasteiger partial charge on any atom is 0.407 e. The number of ether oxygens (including phenoxy) is 1. The highest BCUT2D eigenvalue weighted by Crippen LogP contribution is 2.33. The normalized spacial score (nSPS) is 19.6. The molecule has 1 amide bonds. The number of nitrogens with zero attached hydrogens (tertiary/aromatic N) is 2. The highest BCUT2D eigenvalue weighted by Gasteiger charge is 2.39. The molecule has 3 heterocycles. The Labute approximate surface area is 225 Å². The lowest BCUT2D eigenvalue weighted by Gasteiger charge is -2.43. The number of benzene rings is 1. The summed E-state index contributed by atoms with van der Waals surface area (Å²) in [6.45, 7) is 10.8. The van der Waals surface area contributed by atoms with Gasteiger partial charge in [-0.1, -0.05) is 43.4 Å². The van der Waals surface area contributed by atoms with E-state index in [1.54, 1.807) is 43.5 Å². The topological polar surface area (TPSA) is 128 Å². The van der Waals surface area contributed by atoms with Gasteiger partial charge in [0.05, 0.1) is 11.8 Å². The van der Waals surface area contributed by atoms with Crippen LogP contribution in [0.3, 0.4) is 0 Å². The smallest absolute Gasteiger partial charge is 0.407 e. The maximum absolute atomic E-state index is 11.1. The number of aryl methyl sites for hydroxylation is 1. The van der Waals surface area contributed by atoms with Crippen LogP contribution in [-0.2, 0) is 4.74 Å². The molecule has 1 aromatic heterocycles. The van der Waals surface area contributed by atoms with E-state index in [9.17, 15) is 9.59 Å². The van der Waals surface area contributed by atoms with Crippen LogP contribution < -0.4 is 5.32 Å². The number of cyclic esters (lactones) is 1. The van der Waals surface area contributed by atoms with Crippen molar-refractivity contribution in [3.8, 4) is 0 Å². The first-order valence-electron chi connectivity index (χ1n) is 13.1. The number of carboxylic acid groups (broad SMARTS) is 1. The van der Waals surface area contributed by atoms with E-state index in [1.165, 1.54) is 17.6 Å². The molecule has 9 heteroatoms. The second-order valence-electron chi connectivity index (χ2n) is 9.82. The van der Waals surface area contributed by atoms with E-state index in [0.717, 1.165) is 39.0 Å². The number of amides is 1. The minimum Gasteiger partial charge on any atom is -0.478 e. The minimum atomic E-state index is -0.879. The molecule has 208 valence electrons. The molecule has 1 aromatic carbocycles. The lowest BCUT2D eigenvalue weighted by Crippen LogP contribution is -2.53. The first-order valence-corrected chi connectivity index (χ1v) is 13.1. The number of aliphatic hydroxyl groups excluding tert-OH is 1. The van der Waals surface area contributed by atoms with Crippen LogP contribution >= 0.6 is 0 Å². The zero-order valence-electron chi connectivity index (χ0n) is 22.7. The standard InChI is InChI=1S/C16H24N2O2.C7H6O2.C4H6N2.C2H6O/c1-13-2-4-14(5-3-13)10-18-8-6-16(7-9-18)11-17-15(19)20-12-16;8-7(9)6-4-2-1-3-5-6;1-4-2-5-6-3-4;1-2-3/h2,4-5,13H,3,6-12H2,1H3,(H,17,19);1-5H,(H,8,9);2-3H,1H3,(H,5,6);3H,2H2,1H3. The minimum absolute atomic E-state index is 0.176. The maximum atomic E-state index is 11.1. The van der Waals surface area contributed by atoms with Gasteiger partial charge in [-0.2, -0.15) is 5.10 Å². The van der Waals surface area contributed by atoms with Gasteiger partial charge >= 0.3 is 12.1 Å². The molecule has 38 heavy (non-hydrogen) atoms. The number of hydrogen-bond acceptors (Lipinski definition) is 6. The number of alkyl carbamates (subject to hydrolysis) is 1. The van der Waals surface area contributed by atoms with Crippen LogP contribution in [0.2, 0.25) is 0 Å². The SMILES string of the molecule is CC1C=CC(CN2CCC3(CC2)CNC(=O)OC3)=CC1.CCO.Cc1cn[nH]c1.O=C(O)c1ccccc1. The second-order valence-corrected chi connectivity index (χ2v) is 9.82. The summed E-state index contributed by atoms with van der Waals surface area (Å²) in [5, 5.41) is 25.2. The fourth-order valence-electron chi connectivity index (χ4n) is 4.13. The Balaban J connectivity index is 0.000000231. The third-order valence-corrected chi connectivity index (χ3v) is 6.49. The van der Waals surface area contributed by atoms with E-state index in [-0.39, 0.29) is 18.1 Å². The molecule has 2 fully saturated rings. The summed E-state index contributed by atoms with van der Waals surface area (Å²) in [4.78, 5) is 23.8. The summed E-state index contributed by atoms with van der Waals surface area (Å²) in [7, 11) is 0. The number of aromatic nitrogens is 2. The second kappa shape index (κ2) is 16.4. The summed E-state index contributed by atoms with van der Waals surface area (Å²) >= 11 is 0. The molecule has 2 saturated heterocycles. The van der Waals surface area contributed by atoms with Gasteiger partial charge in [-0.15, -0.1) is 0 Å². The molecule has 4 N–H and O–H groups in total. The van der Waals surface area contributed by atoms with E-state index in [0.29, 0.717) is 18.1 Å². The average molecular weight is 527 g/mol. The molecule has 1 atom stereocenters. The van der Waals surface area contributed by atoms with Crippen LogP contribution in [0.1, 0.15) is 49.0 Å². The molecule has 1 aliphatic carbocycles. The summed E-state index contributed by atoms with van der Waals surface area (Å²) < 4.78 is 5.18. The molecular weight excluding hydrogens is 484 g/mol. The van der Waals surface area contributed by atoms with Crippen molar-refractivity contribution in [3.63, 3.8) is 0 Å². The van der Waals surface area contributed by atoms with Crippen LogP contribution in [0.25, 0.3) is 0 Å². The number of hydrogen-bond donors (Lipinski definition) is 4. The number of aromatic amines is 1. The van der Waals surface area contributed by atoms with Gasteiger partial charge in [0.1, 0.15) is 6.61 Å². The van der Waals surface area contributed by atoms with E-state index >= 15 is 0 Å². The molecule has 0 saturated carbocycles.